The Kier molecular flexibility index (Phi) is 7.19. The van der Waals surface area contributed by atoms with Crippen molar-refractivity contribution < 1.29 is 14.2 Å². The number of fused-ring (bicyclic) bond motifs is 1. The number of ether oxygens (including phenoxy) is 3. The SMILES string of the molecule is COc1cc(C=Nn2c(C)nc3ccc(Br)cc3c2=O)cc(OC)c1OCc1ccccc1Cl. The van der Waals surface area contributed by atoms with Crippen LogP contribution >= 0.6 is 27.5 Å². The summed E-state index contributed by atoms with van der Waals surface area (Å²) in [6.45, 7) is 1.97. The molecule has 174 valence electrons. The van der Waals surface area contributed by atoms with Crippen LogP contribution in [0.25, 0.3) is 10.9 Å². The highest BCUT2D eigenvalue weighted by Crippen LogP contribution is 2.39. The van der Waals surface area contributed by atoms with Crippen molar-refractivity contribution in [1.29, 1.82) is 0 Å². The molecule has 1 aromatic heterocycles. The predicted octanol–water partition coefficient (Wildman–Crippen LogP) is 5.60. The lowest BCUT2D eigenvalue weighted by atomic mass is 10.2. The Morgan fingerprint density at radius 1 is 1.09 bits per heavy atom. The van der Waals surface area contributed by atoms with Gasteiger partial charge >= 0.3 is 0 Å². The summed E-state index contributed by atoms with van der Waals surface area (Å²) in [7, 11) is 3.08. The fourth-order valence-corrected chi connectivity index (χ4v) is 3.95. The van der Waals surface area contributed by atoms with E-state index in [0.29, 0.717) is 44.6 Å². The van der Waals surface area contributed by atoms with Gasteiger partial charge in [0, 0.05) is 20.6 Å². The lowest BCUT2D eigenvalue weighted by Gasteiger charge is -2.16. The van der Waals surface area contributed by atoms with Gasteiger partial charge in [-0.1, -0.05) is 45.7 Å². The molecular weight excluding hydrogens is 522 g/mol. The molecule has 0 aliphatic rings. The number of aromatic nitrogens is 2. The van der Waals surface area contributed by atoms with Crippen LogP contribution in [0.4, 0.5) is 0 Å². The summed E-state index contributed by atoms with van der Waals surface area (Å²) in [4.78, 5) is 17.5. The van der Waals surface area contributed by atoms with Gasteiger partial charge in [-0.15, -0.1) is 0 Å². The second kappa shape index (κ2) is 10.3. The van der Waals surface area contributed by atoms with Crippen LogP contribution in [0.1, 0.15) is 17.0 Å². The van der Waals surface area contributed by atoms with Crippen LogP contribution in [0.15, 0.2) is 69.0 Å². The van der Waals surface area contributed by atoms with E-state index in [1.165, 1.54) is 18.9 Å². The van der Waals surface area contributed by atoms with E-state index in [-0.39, 0.29) is 12.2 Å². The number of nitrogens with zero attached hydrogens (tertiary/aromatic N) is 3. The summed E-state index contributed by atoms with van der Waals surface area (Å²) < 4.78 is 19.1. The Labute approximate surface area is 209 Å². The first-order valence-electron chi connectivity index (χ1n) is 10.3. The smallest absolute Gasteiger partial charge is 0.282 e. The molecule has 0 spiro atoms. The molecule has 9 heteroatoms. The Morgan fingerprint density at radius 3 is 2.47 bits per heavy atom. The van der Waals surface area contributed by atoms with E-state index in [9.17, 15) is 4.79 Å². The van der Waals surface area contributed by atoms with E-state index in [0.717, 1.165) is 10.0 Å². The van der Waals surface area contributed by atoms with Crippen LogP contribution < -0.4 is 19.8 Å². The van der Waals surface area contributed by atoms with E-state index in [2.05, 4.69) is 26.0 Å². The van der Waals surface area contributed by atoms with Crippen LogP contribution in [0.2, 0.25) is 5.02 Å². The van der Waals surface area contributed by atoms with Crippen molar-refractivity contribution in [1.82, 2.24) is 9.66 Å². The third kappa shape index (κ3) is 4.93. The molecule has 0 saturated heterocycles. The van der Waals surface area contributed by atoms with E-state index < -0.39 is 0 Å². The fourth-order valence-electron chi connectivity index (χ4n) is 3.40. The minimum atomic E-state index is -0.265. The number of hydrogen-bond acceptors (Lipinski definition) is 6. The van der Waals surface area contributed by atoms with Crippen molar-refractivity contribution in [2.45, 2.75) is 13.5 Å². The van der Waals surface area contributed by atoms with Gasteiger partial charge in [0.05, 0.1) is 31.3 Å². The molecule has 0 aliphatic heterocycles. The van der Waals surface area contributed by atoms with Gasteiger partial charge in [0.25, 0.3) is 5.56 Å². The van der Waals surface area contributed by atoms with Crippen LogP contribution in [0, 0.1) is 6.92 Å². The molecule has 0 amide bonds. The zero-order chi connectivity index (χ0) is 24.2. The number of hydrogen-bond donors (Lipinski definition) is 0. The molecule has 0 aliphatic carbocycles. The number of rotatable bonds is 7. The zero-order valence-corrected chi connectivity index (χ0v) is 21.1. The molecule has 0 saturated carbocycles. The van der Waals surface area contributed by atoms with Crippen LogP contribution in [0.5, 0.6) is 17.2 Å². The average Bonchev–Trinajstić information content (AvgIpc) is 2.83. The topological polar surface area (TPSA) is 74.9 Å². The first kappa shape index (κ1) is 23.8. The van der Waals surface area contributed by atoms with Crippen molar-refractivity contribution >= 4 is 44.6 Å². The Balaban J connectivity index is 1.68. The third-order valence-corrected chi connectivity index (χ3v) is 5.97. The van der Waals surface area contributed by atoms with E-state index in [4.69, 9.17) is 25.8 Å². The quantitative estimate of drug-likeness (QED) is 0.284. The molecule has 0 fully saturated rings. The first-order valence-corrected chi connectivity index (χ1v) is 11.4. The maximum absolute atomic E-state index is 13.0. The second-order valence-electron chi connectivity index (χ2n) is 7.32. The predicted molar refractivity (Wildman–Crippen MR) is 137 cm³/mol. The number of aryl methyl sites for hydroxylation is 1. The molecule has 0 bridgehead atoms. The van der Waals surface area contributed by atoms with E-state index in [1.807, 2.05) is 24.3 Å². The van der Waals surface area contributed by atoms with Gasteiger partial charge in [-0.25, -0.2) is 4.98 Å². The summed E-state index contributed by atoms with van der Waals surface area (Å²) in [5, 5.41) is 5.45. The lowest BCUT2D eigenvalue weighted by molar-refractivity contribution is 0.266. The van der Waals surface area contributed by atoms with Crippen LogP contribution in [0.3, 0.4) is 0 Å². The molecule has 34 heavy (non-hydrogen) atoms. The Bertz CT molecular complexity index is 1430. The Hall–Kier alpha value is -3.36. The summed E-state index contributed by atoms with van der Waals surface area (Å²) in [5.74, 6) is 1.82. The van der Waals surface area contributed by atoms with Gasteiger partial charge in [-0.3, -0.25) is 4.79 Å². The van der Waals surface area contributed by atoms with Crippen LogP contribution in [-0.2, 0) is 6.61 Å². The zero-order valence-electron chi connectivity index (χ0n) is 18.7. The van der Waals surface area contributed by atoms with Crippen molar-refractivity contribution in [3.63, 3.8) is 0 Å². The first-order chi connectivity index (χ1) is 16.4. The van der Waals surface area contributed by atoms with Gasteiger partial charge < -0.3 is 14.2 Å². The summed E-state index contributed by atoms with van der Waals surface area (Å²) >= 11 is 9.63. The van der Waals surface area contributed by atoms with Gasteiger partial charge in [0.1, 0.15) is 12.4 Å². The monoisotopic (exact) mass is 541 g/mol. The molecule has 0 N–H and O–H groups in total. The lowest BCUT2D eigenvalue weighted by Crippen LogP contribution is -2.20. The van der Waals surface area contributed by atoms with Gasteiger partial charge in [-0.05, 0) is 43.3 Å². The van der Waals surface area contributed by atoms with Crippen molar-refractivity contribution in [3.8, 4) is 17.2 Å². The van der Waals surface area contributed by atoms with Gasteiger partial charge in [0.2, 0.25) is 5.75 Å². The molecule has 0 radical (unpaired) electrons. The molecule has 0 atom stereocenters. The second-order valence-corrected chi connectivity index (χ2v) is 8.64. The average molecular weight is 543 g/mol. The summed E-state index contributed by atoms with van der Waals surface area (Å²) in [6, 6.07) is 16.3. The fraction of sp³-hybridized carbons (Fsp3) is 0.160. The molecule has 1 heterocycles. The number of methoxy groups -OCH3 is 2. The Morgan fingerprint density at radius 2 is 1.79 bits per heavy atom. The van der Waals surface area contributed by atoms with Gasteiger partial charge in [-0.2, -0.15) is 9.78 Å². The highest BCUT2D eigenvalue weighted by Gasteiger charge is 2.15. The maximum Gasteiger partial charge on any atom is 0.282 e. The normalized spacial score (nSPS) is 11.2. The highest BCUT2D eigenvalue weighted by atomic mass is 79.9. The third-order valence-electron chi connectivity index (χ3n) is 5.11. The van der Waals surface area contributed by atoms with E-state index in [1.54, 1.807) is 43.5 Å². The molecule has 4 aromatic rings. The minimum absolute atomic E-state index is 0.243. The van der Waals surface area contributed by atoms with Gasteiger partial charge in [0.15, 0.2) is 11.5 Å². The summed E-state index contributed by atoms with van der Waals surface area (Å²) in [5.41, 5.74) is 1.84. The number of halogens is 2. The summed E-state index contributed by atoms with van der Waals surface area (Å²) in [6.07, 6.45) is 1.54. The molecule has 3 aromatic carbocycles. The maximum atomic E-state index is 13.0. The molecular formula is C25H21BrClN3O4. The molecule has 0 unspecified atom stereocenters. The van der Waals surface area contributed by atoms with Crippen molar-refractivity contribution in [2.75, 3.05) is 14.2 Å². The molecule has 7 nitrogen and oxygen atoms in total. The van der Waals surface area contributed by atoms with E-state index >= 15 is 0 Å². The molecule has 4 rings (SSSR count). The number of benzene rings is 3. The standard InChI is InChI=1S/C25H21BrClN3O4/c1-15-29-21-9-8-18(26)12-19(21)25(31)30(15)28-13-16-10-22(32-2)24(23(11-16)33-3)34-14-17-6-4-5-7-20(17)27/h4-13H,14H2,1-3H3. The largest absolute Gasteiger partial charge is 0.493 e. The van der Waals surface area contributed by atoms with Crippen molar-refractivity contribution in [2.24, 2.45) is 5.10 Å². The highest BCUT2D eigenvalue weighted by molar-refractivity contribution is 9.10. The van der Waals surface area contributed by atoms with Crippen molar-refractivity contribution in [3.05, 3.63) is 91.4 Å². The minimum Gasteiger partial charge on any atom is -0.493 e. The van der Waals surface area contributed by atoms with Crippen LogP contribution in [-0.4, -0.2) is 30.1 Å².